The van der Waals surface area contributed by atoms with Crippen molar-refractivity contribution in [1.29, 1.82) is 0 Å². The van der Waals surface area contributed by atoms with Gasteiger partial charge >= 0.3 is 5.97 Å². The second kappa shape index (κ2) is 4.91. The fourth-order valence-corrected chi connectivity index (χ4v) is 1.00. The number of carboxylic acids is 1. The van der Waals surface area contributed by atoms with Crippen molar-refractivity contribution in [1.82, 2.24) is 0 Å². The molecule has 1 aromatic carbocycles. The van der Waals surface area contributed by atoms with Crippen LogP contribution in [-0.4, -0.2) is 28.4 Å². The number of aliphatic hydroxyl groups is 1. The summed E-state index contributed by atoms with van der Waals surface area (Å²) in [6.45, 7) is 1.28. The number of hydrogen-bond donors (Lipinski definition) is 2. The van der Waals surface area contributed by atoms with Gasteiger partial charge in [-0.25, -0.2) is 4.79 Å². The molecule has 0 aromatic heterocycles. The van der Waals surface area contributed by atoms with Crippen molar-refractivity contribution in [3.05, 3.63) is 35.9 Å². The molecule has 4 nitrogen and oxygen atoms in total. The molecule has 0 bridgehead atoms. The molecule has 0 unspecified atom stereocenters. The highest BCUT2D eigenvalue weighted by Gasteiger charge is 2.29. The number of ether oxygens (including phenoxy) is 1. The van der Waals surface area contributed by atoms with Gasteiger partial charge in [-0.15, -0.1) is 0 Å². The van der Waals surface area contributed by atoms with Crippen molar-refractivity contribution < 1.29 is 19.7 Å². The van der Waals surface area contributed by atoms with Crippen LogP contribution in [0.3, 0.4) is 0 Å². The van der Waals surface area contributed by atoms with Gasteiger partial charge in [-0.3, -0.25) is 0 Å². The second-order valence-electron chi connectivity index (χ2n) is 3.56. The smallest absolute Gasteiger partial charge is 0.337 e. The molecule has 0 aliphatic heterocycles. The van der Waals surface area contributed by atoms with Crippen LogP contribution in [0.1, 0.15) is 12.5 Å². The van der Waals surface area contributed by atoms with Crippen LogP contribution in [0, 0.1) is 0 Å². The van der Waals surface area contributed by atoms with Crippen LogP contribution < -0.4 is 0 Å². The van der Waals surface area contributed by atoms with Gasteiger partial charge in [-0.1, -0.05) is 30.3 Å². The number of aliphatic carboxylic acids is 1. The van der Waals surface area contributed by atoms with Crippen molar-refractivity contribution in [2.24, 2.45) is 0 Å². The Morgan fingerprint density at radius 3 is 2.53 bits per heavy atom. The van der Waals surface area contributed by atoms with Crippen LogP contribution in [-0.2, 0) is 16.1 Å². The third kappa shape index (κ3) is 3.69. The zero-order valence-electron chi connectivity index (χ0n) is 8.51. The first-order valence-electron chi connectivity index (χ1n) is 4.60. The number of carbonyl (C=O) groups is 1. The Labute approximate surface area is 88.1 Å². The summed E-state index contributed by atoms with van der Waals surface area (Å²) >= 11 is 0. The van der Waals surface area contributed by atoms with E-state index in [1.54, 1.807) is 0 Å². The topological polar surface area (TPSA) is 66.8 Å². The van der Waals surface area contributed by atoms with Crippen LogP contribution >= 0.6 is 0 Å². The molecule has 1 rings (SSSR count). The van der Waals surface area contributed by atoms with Crippen molar-refractivity contribution in [3.63, 3.8) is 0 Å². The van der Waals surface area contributed by atoms with E-state index >= 15 is 0 Å². The van der Waals surface area contributed by atoms with E-state index in [1.807, 2.05) is 30.3 Å². The van der Waals surface area contributed by atoms with Gasteiger partial charge in [0.1, 0.15) is 0 Å². The van der Waals surface area contributed by atoms with Crippen LogP contribution in [0.15, 0.2) is 30.3 Å². The Morgan fingerprint density at radius 2 is 2.00 bits per heavy atom. The van der Waals surface area contributed by atoms with E-state index < -0.39 is 11.6 Å². The zero-order chi connectivity index (χ0) is 11.3. The highest BCUT2D eigenvalue weighted by Crippen LogP contribution is 2.07. The molecule has 2 N–H and O–H groups in total. The zero-order valence-corrected chi connectivity index (χ0v) is 8.51. The average molecular weight is 210 g/mol. The van der Waals surface area contributed by atoms with Crippen LogP contribution in [0.5, 0.6) is 0 Å². The normalized spacial score (nSPS) is 14.5. The maximum atomic E-state index is 10.5. The number of rotatable bonds is 5. The molecule has 0 amide bonds. The molecule has 0 aliphatic rings. The van der Waals surface area contributed by atoms with Crippen molar-refractivity contribution in [2.45, 2.75) is 19.1 Å². The number of hydrogen-bond acceptors (Lipinski definition) is 3. The van der Waals surface area contributed by atoms with Crippen molar-refractivity contribution >= 4 is 5.97 Å². The molecule has 0 aliphatic carbocycles. The largest absolute Gasteiger partial charge is 0.479 e. The summed E-state index contributed by atoms with van der Waals surface area (Å²) in [6, 6.07) is 9.37. The molecular formula is C11H14O4. The fourth-order valence-electron chi connectivity index (χ4n) is 1.00. The molecule has 0 saturated heterocycles. The third-order valence-electron chi connectivity index (χ3n) is 1.96. The highest BCUT2D eigenvalue weighted by atomic mass is 16.5. The Kier molecular flexibility index (Phi) is 3.82. The molecular weight excluding hydrogens is 196 g/mol. The van der Waals surface area contributed by atoms with E-state index in [2.05, 4.69) is 0 Å². The lowest BCUT2D eigenvalue weighted by Crippen LogP contribution is -2.39. The van der Waals surface area contributed by atoms with Gasteiger partial charge in [-0.05, 0) is 12.5 Å². The lowest BCUT2D eigenvalue weighted by molar-refractivity contribution is -0.163. The van der Waals surface area contributed by atoms with Crippen molar-refractivity contribution in [3.8, 4) is 0 Å². The van der Waals surface area contributed by atoms with E-state index in [9.17, 15) is 9.90 Å². The molecule has 1 atom stereocenters. The quantitative estimate of drug-likeness (QED) is 0.762. The summed E-state index contributed by atoms with van der Waals surface area (Å²) in [5.41, 5.74) is -0.881. The first kappa shape index (κ1) is 11.7. The van der Waals surface area contributed by atoms with Gasteiger partial charge in [0.2, 0.25) is 0 Å². The fraction of sp³-hybridized carbons (Fsp3) is 0.364. The SMILES string of the molecule is C[C@@](O)(COCc1ccccc1)C(=O)O. The van der Waals surface area contributed by atoms with Gasteiger partial charge in [0.25, 0.3) is 0 Å². The third-order valence-corrected chi connectivity index (χ3v) is 1.96. The van der Waals surface area contributed by atoms with E-state index in [1.165, 1.54) is 6.92 Å². The Morgan fingerprint density at radius 1 is 1.40 bits per heavy atom. The highest BCUT2D eigenvalue weighted by molar-refractivity contribution is 5.76. The summed E-state index contributed by atoms with van der Waals surface area (Å²) < 4.78 is 5.11. The molecule has 82 valence electrons. The summed E-state index contributed by atoms with van der Waals surface area (Å²) in [7, 11) is 0. The Hall–Kier alpha value is -1.39. The first-order valence-corrected chi connectivity index (χ1v) is 4.60. The van der Waals surface area contributed by atoms with Crippen molar-refractivity contribution in [2.75, 3.05) is 6.61 Å². The minimum atomic E-state index is -1.82. The summed E-state index contributed by atoms with van der Waals surface area (Å²) in [6.07, 6.45) is 0. The lowest BCUT2D eigenvalue weighted by atomic mass is 10.1. The van der Waals surface area contributed by atoms with Gasteiger partial charge in [0.05, 0.1) is 13.2 Å². The maximum Gasteiger partial charge on any atom is 0.337 e. The van der Waals surface area contributed by atoms with Crippen LogP contribution in [0.25, 0.3) is 0 Å². The summed E-state index contributed by atoms with van der Waals surface area (Å²) in [4.78, 5) is 10.5. The summed E-state index contributed by atoms with van der Waals surface area (Å²) in [5, 5.41) is 18.0. The second-order valence-corrected chi connectivity index (χ2v) is 3.56. The number of carboxylic acid groups (broad SMARTS) is 1. The predicted octanol–water partition coefficient (Wildman–Crippen LogP) is 1.04. The lowest BCUT2D eigenvalue weighted by Gasteiger charge is -2.17. The molecule has 1 aromatic rings. The average Bonchev–Trinajstić information content (AvgIpc) is 2.19. The monoisotopic (exact) mass is 210 g/mol. The number of benzene rings is 1. The molecule has 0 radical (unpaired) electrons. The first-order chi connectivity index (χ1) is 7.02. The van der Waals surface area contributed by atoms with Crippen LogP contribution in [0.4, 0.5) is 0 Å². The molecule has 0 fully saturated rings. The minimum Gasteiger partial charge on any atom is -0.479 e. The molecule has 0 saturated carbocycles. The van der Waals surface area contributed by atoms with Gasteiger partial charge < -0.3 is 14.9 Å². The Balaban J connectivity index is 2.37. The predicted molar refractivity (Wildman–Crippen MR) is 54.4 cm³/mol. The molecule has 4 heteroatoms. The minimum absolute atomic E-state index is 0.225. The standard InChI is InChI=1S/C11H14O4/c1-11(14,10(12)13)8-15-7-9-5-3-2-4-6-9/h2-6,14H,7-8H2,1H3,(H,12,13)/t11-/m1/s1. The van der Waals surface area contributed by atoms with Gasteiger partial charge in [0, 0.05) is 0 Å². The van der Waals surface area contributed by atoms with E-state index in [-0.39, 0.29) is 6.61 Å². The van der Waals surface area contributed by atoms with Crippen LogP contribution in [0.2, 0.25) is 0 Å². The summed E-state index contributed by atoms with van der Waals surface area (Å²) in [5.74, 6) is -1.28. The van der Waals surface area contributed by atoms with E-state index in [0.29, 0.717) is 6.61 Å². The van der Waals surface area contributed by atoms with E-state index in [4.69, 9.17) is 9.84 Å². The Bertz CT molecular complexity index is 319. The molecule has 0 spiro atoms. The van der Waals surface area contributed by atoms with E-state index in [0.717, 1.165) is 5.56 Å². The molecule has 0 heterocycles. The maximum absolute atomic E-state index is 10.5. The van der Waals surface area contributed by atoms with Gasteiger partial charge in [-0.2, -0.15) is 0 Å². The van der Waals surface area contributed by atoms with Gasteiger partial charge in [0.15, 0.2) is 5.60 Å². The molecule has 15 heavy (non-hydrogen) atoms.